The van der Waals surface area contributed by atoms with E-state index in [1.807, 2.05) is 50.4 Å². The normalized spacial score (nSPS) is 14.1. The molecule has 0 aliphatic carbocycles. The number of aryl methyl sites for hydroxylation is 3. The van der Waals surface area contributed by atoms with E-state index in [2.05, 4.69) is 11.4 Å². The fourth-order valence-electron chi connectivity index (χ4n) is 3.44. The lowest BCUT2D eigenvalue weighted by atomic mass is 10.1. The summed E-state index contributed by atoms with van der Waals surface area (Å²) in [6.45, 7) is 5.87. The summed E-state index contributed by atoms with van der Waals surface area (Å²) in [5.74, 6) is -0.748. The van der Waals surface area contributed by atoms with Gasteiger partial charge < -0.3 is 5.32 Å². The lowest BCUT2D eigenvalue weighted by molar-refractivity contribution is -0.120. The second-order valence-electron chi connectivity index (χ2n) is 7.11. The van der Waals surface area contributed by atoms with E-state index in [0.29, 0.717) is 16.3 Å². The van der Waals surface area contributed by atoms with E-state index in [4.69, 9.17) is 11.6 Å². The molecule has 0 atom stereocenters. The van der Waals surface area contributed by atoms with Crippen molar-refractivity contribution in [1.29, 1.82) is 0 Å². The summed E-state index contributed by atoms with van der Waals surface area (Å²) in [6.07, 6.45) is 0. The summed E-state index contributed by atoms with van der Waals surface area (Å²) in [4.78, 5) is 28.6. The molecule has 2 heterocycles. The third kappa shape index (κ3) is 3.59. The van der Waals surface area contributed by atoms with Gasteiger partial charge in [-0.2, -0.15) is 0 Å². The lowest BCUT2D eigenvalue weighted by Crippen LogP contribution is -2.32. The van der Waals surface area contributed by atoms with E-state index in [1.54, 1.807) is 18.2 Å². The van der Waals surface area contributed by atoms with E-state index in [1.165, 1.54) is 16.2 Å². The van der Waals surface area contributed by atoms with Crippen LogP contribution in [0.4, 0.5) is 11.4 Å². The molecular weight excluding hydrogens is 404 g/mol. The maximum atomic E-state index is 13.3. The molecule has 6 heteroatoms. The first kappa shape index (κ1) is 19.4. The molecule has 0 bridgehead atoms. The largest absolute Gasteiger partial charge is 0.350 e. The highest BCUT2D eigenvalue weighted by Gasteiger charge is 2.40. The third-order valence-electron chi connectivity index (χ3n) is 4.76. The van der Waals surface area contributed by atoms with Crippen molar-refractivity contribution in [2.75, 3.05) is 10.2 Å². The molecule has 1 aromatic heterocycles. The van der Waals surface area contributed by atoms with E-state index in [9.17, 15) is 9.59 Å². The molecule has 4 nitrogen and oxygen atoms in total. The minimum atomic E-state index is -0.391. The molecule has 0 unspecified atom stereocenters. The van der Waals surface area contributed by atoms with E-state index in [-0.39, 0.29) is 11.6 Å². The Kier molecular flexibility index (Phi) is 5.03. The van der Waals surface area contributed by atoms with Gasteiger partial charge >= 0.3 is 0 Å². The molecular formula is C23H19ClN2O2S. The SMILES string of the molecule is Cc1cc(C)cc(NC2=C(c3cccs3)C(=O)N(c3ccc(C)c(Cl)c3)C2=O)c1. The summed E-state index contributed by atoms with van der Waals surface area (Å²) in [6, 6.07) is 14.9. The number of nitrogens with zero attached hydrogens (tertiary/aromatic N) is 1. The monoisotopic (exact) mass is 422 g/mol. The highest BCUT2D eigenvalue weighted by atomic mass is 35.5. The highest BCUT2D eigenvalue weighted by molar-refractivity contribution is 7.11. The van der Waals surface area contributed by atoms with Gasteiger partial charge in [0.05, 0.1) is 11.3 Å². The summed E-state index contributed by atoms with van der Waals surface area (Å²) in [5, 5.41) is 5.61. The van der Waals surface area contributed by atoms with Crippen LogP contribution in [0.3, 0.4) is 0 Å². The quantitative estimate of drug-likeness (QED) is 0.547. The predicted molar refractivity (Wildman–Crippen MR) is 119 cm³/mol. The Labute approximate surface area is 178 Å². The number of carbonyl (C=O) groups excluding carboxylic acids is 2. The number of imide groups is 1. The summed E-state index contributed by atoms with van der Waals surface area (Å²) in [7, 11) is 0. The Morgan fingerprint density at radius 3 is 2.28 bits per heavy atom. The average Bonchev–Trinajstić information content (AvgIpc) is 3.24. The van der Waals surface area contributed by atoms with Crippen LogP contribution >= 0.6 is 22.9 Å². The fraction of sp³-hybridized carbons (Fsp3) is 0.130. The van der Waals surface area contributed by atoms with E-state index >= 15 is 0 Å². The van der Waals surface area contributed by atoms with Gasteiger partial charge in [-0.05, 0) is 73.2 Å². The number of halogens is 1. The summed E-state index contributed by atoms with van der Waals surface area (Å²) >= 11 is 7.67. The minimum absolute atomic E-state index is 0.277. The molecule has 0 spiro atoms. The van der Waals surface area contributed by atoms with Crippen molar-refractivity contribution in [1.82, 2.24) is 0 Å². The number of benzene rings is 2. The number of nitrogens with one attached hydrogen (secondary N) is 1. The molecule has 0 fully saturated rings. The van der Waals surface area contributed by atoms with Crippen LogP contribution in [0.25, 0.3) is 5.57 Å². The van der Waals surface area contributed by atoms with Crippen LogP contribution in [0.2, 0.25) is 5.02 Å². The van der Waals surface area contributed by atoms with E-state index < -0.39 is 5.91 Å². The van der Waals surface area contributed by atoms with Gasteiger partial charge in [0.25, 0.3) is 11.8 Å². The molecule has 1 aliphatic heterocycles. The van der Waals surface area contributed by atoms with Crippen molar-refractivity contribution in [3.05, 3.63) is 86.2 Å². The molecule has 0 radical (unpaired) electrons. The standard InChI is InChI=1S/C23H19ClN2O2S/c1-13-9-14(2)11-16(10-13)25-21-20(19-5-4-8-29-19)22(27)26(23(21)28)17-7-6-15(3)18(24)12-17/h4-12,25H,1-3H3. The highest BCUT2D eigenvalue weighted by Crippen LogP contribution is 2.36. The maximum absolute atomic E-state index is 13.3. The van der Waals surface area contributed by atoms with Crippen molar-refractivity contribution in [2.45, 2.75) is 20.8 Å². The Morgan fingerprint density at radius 1 is 0.931 bits per heavy atom. The van der Waals surface area contributed by atoms with Crippen molar-refractivity contribution >= 4 is 51.7 Å². The van der Waals surface area contributed by atoms with Crippen molar-refractivity contribution in [2.24, 2.45) is 0 Å². The van der Waals surface area contributed by atoms with Crippen LogP contribution in [0.1, 0.15) is 21.6 Å². The van der Waals surface area contributed by atoms with Gasteiger partial charge in [0.2, 0.25) is 0 Å². The van der Waals surface area contributed by atoms with Crippen molar-refractivity contribution < 1.29 is 9.59 Å². The second kappa shape index (κ2) is 7.50. The van der Waals surface area contributed by atoms with Crippen molar-refractivity contribution in [3.63, 3.8) is 0 Å². The first-order valence-electron chi connectivity index (χ1n) is 9.13. The van der Waals surface area contributed by atoms with Gasteiger partial charge in [0, 0.05) is 15.6 Å². The van der Waals surface area contributed by atoms with Crippen LogP contribution in [0.15, 0.2) is 59.6 Å². The first-order valence-corrected chi connectivity index (χ1v) is 10.4. The van der Waals surface area contributed by atoms with Gasteiger partial charge in [-0.25, -0.2) is 4.90 Å². The van der Waals surface area contributed by atoms with Gasteiger partial charge in [-0.3, -0.25) is 9.59 Å². The fourth-order valence-corrected chi connectivity index (χ4v) is 4.38. The number of hydrogen-bond donors (Lipinski definition) is 1. The zero-order valence-corrected chi connectivity index (χ0v) is 17.8. The second-order valence-corrected chi connectivity index (χ2v) is 8.46. The topological polar surface area (TPSA) is 49.4 Å². The number of anilines is 2. The van der Waals surface area contributed by atoms with Gasteiger partial charge in [-0.1, -0.05) is 29.8 Å². The zero-order chi connectivity index (χ0) is 20.7. The molecule has 1 aliphatic rings. The lowest BCUT2D eigenvalue weighted by Gasteiger charge is -2.16. The van der Waals surface area contributed by atoms with Gasteiger partial charge in [0.1, 0.15) is 5.70 Å². The number of hydrogen-bond acceptors (Lipinski definition) is 4. The molecule has 29 heavy (non-hydrogen) atoms. The van der Waals surface area contributed by atoms with Crippen LogP contribution in [0, 0.1) is 20.8 Å². The third-order valence-corrected chi connectivity index (χ3v) is 6.05. The predicted octanol–water partition coefficient (Wildman–Crippen LogP) is 5.72. The molecule has 1 N–H and O–H groups in total. The summed E-state index contributed by atoms with van der Waals surface area (Å²) < 4.78 is 0. The number of carbonyl (C=O) groups is 2. The maximum Gasteiger partial charge on any atom is 0.282 e. The average molecular weight is 423 g/mol. The number of rotatable bonds is 4. The van der Waals surface area contributed by atoms with Crippen LogP contribution in [-0.4, -0.2) is 11.8 Å². The number of amides is 2. The van der Waals surface area contributed by atoms with Gasteiger partial charge in [-0.15, -0.1) is 11.3 Å². The van der Waals surface area contributed by atoms with Crippen molar-refractivity contribution in [3.8, 4) is 0 Å². The van der Waals surface area contributed by atoms with Crippen LogP contribution in [-0.2, 0) is 9.59 Å². The number of thiophene rings is 1. The molecule has 2 aromatic carbocycles. The van der Waals surface area contributed by atoms with Gasteiger partial charge in [0.15, 0.2) is 0 Å². The molecule has 146 valence electrons. The summed E-state index contributed by atoms with van der Waals surface area (Å²) in [5.41, 5.74) is 4.92. The minimum Gasteiger partial charge on any atom is -0.350 e. The molecule has 0 saturated heterocycles. The molecule has 0 saturated carbocycles. The molecule has 4 rings (SSSR count). The van der Waals surface area contributed by atoms with Crippen LogP contribution < -0.4 is 10.2 Å². The Bertz CT molecular complexity index is 1150. The van der Waals surface area contributed by atoms with Crippen LogP contribution in [0.5, 0.6) is 0 Å². The van der Waals surface area contributed by atoms with E-state index in [0.717, 1.165) is 27.3 Å². The Balaban J connectivity index is 1.81. The first-order chi connectivity index (χ1) is 13.8. The molecule has 2 amide bonds. The zero-order valence-electron chi connectivity index (χ0n) is 16.2. The Morgan fingerprint density at radius 2 is 1.66 bits per heavy atom. The Hall–Kier alpha value is -2.89. The smallest absolute Gasteiger partial charge is 0.282 e. The molecule has 3 aromatic rings.